The summed E-state index contributed by atoms with van der Waals surface area (Å²) in [5.74, 6) is 0.595. The zero-order valence-electron chi connectivity index (χ0n) is 19.7. The van der Waals surface area contributed by atoms with E-state index in [0.717, 1.165) is 12.1 Å². The number of aliphatic hydroxyl groups is 1. The number of nitriles is 1. The summed E-state index contributed by atoms with van der Waals surface area (Å²) in [5.41, 5.74) is 3.18. The Labute approximate surface area is 202 Å². The largest absolute Gasteiger partial charge is 0.393 e. The van der Waals surface area contributed by atoms with Crippen molar-refractivity contribution in [2.75, 3.05) is 0 Å². The van der Waals surface area contributed by atoms with E-state index >= 15 is 4.39 Å². The fraction of sp³-hybridized carbons (Fsp3) is 0.333. The van der Waals surface area contributed by atoms with Crippen LogP contribution >= 0.6 is 0 Å². The standard InChI is InChI=1S/C27H26FN5O2/c1-3-6-25-23(26(35)32(20-13-21(34)14-20)27-30-16(2)31-33(25)27)11-18-10-9-17(12-24(18)28)22-8-5-4-7-19(22)15-29/h4-5,7-10,12,20-21,34H,3,6,11,13-14H2,1-2H3. The molecule has 1 N–H and O–H groups in total. The molecule has 5 rings (SSSR count). The third kappa shape index (κ3) is 4.02. The molecule has 2 heterocycles. The molecule has 0 bridgehead atoms. The van der Waals surface area contributed by atoms with Crippen LogP contribution in [0.4, 0.5) is 4.39 Å². The van der Waals surface area contributed by atoms with Gasteiger partial charge in [-0.3, -0.25) is 9.36 Å². The van der Waals surface area contributed by atoms with Gasteiger partial charge in [-0.15, -0.1) is 0 Å². The van der Waals surface area contributed by atoms with Gasteiger partial charge < -0.3 is 5.11 Å². The Hall–Kier alpha value is -3.83. The molecule has 0 radical (unpaired) electrons. The maximum atomic E-state index is 15.4. The number of halogens is 1. The first kappa shape index (κ1) is 22.9. The molecule has 1 saturated carbocycles. The highest BCUT2D eigenvalue weighted by Crippen LogP contribution is 2.33. The van der Waals surface area contributed by atoms with Gasteiger partial charge in [0.05, 0.1) is 23.4 Å². The minimum Gasteiger partial charge on any atom is -0.393 e. The lowest BCUT2D eigenvalue weighted by atomic mass is 9.89. The van der Waals surface area contributed by atoms with Gasteiger partial charge in [-0.2, -0.15) is 15.3 Å². The number of nitrogens with zero attached hydrogens (tertiary/aromatic N) is 5. The van der Waals surface area contributed by atoms with E-state index in [1.165, 1.54) is 6.07 Å². The van der Waals surface area contributed by atoms with Crippen LogP contribution in [0.25, 0.3) is 16.9 Å². The highest BCUT2D eigenvalue weighted by molar-refractivity contribution is 5.70. The SMILES string of the molecule is CCCc1c(Cc2ccc(-c3ccccc3C#N)cc2F)c(=O)n(C2CC(O)C2)c2nc(C)nn12. The second-order valence-corrected chi connectivity index (χ2v) is 9.14. The average molecular weight is 472 g/mol. The van der Waals surface area contributed by atoms with Gasteiger partial charge in [0, 0.05) is 18.0 Å². The molecule has 8 heteroatoms. The third-order valence-electron chi connectivity index (χ3n) is 6.71. The van der Waals surface area contributed by atoms with Crippen LogP contribution in [-0.2, 0) is 12.8 Å². The fourth-order valence-corrected chi connectivity index (χ4v) is 4.88. The zero-order chi connectivity index (χ0) is 24.7. The van der Waals surface area contributed by atoms with Gasteiger partial charge in [0.1, 0.15) is 11.6 Å². The Morgan fingerprint density at radius 2 is 2.00 bits per heavy atom. The first-order chi connectivity index (χ1) is 16.9. The molecular formula is C27H26FN5O2. The van der Waals surface area contributed by atoms with Crippen molar-refractivity contribution in [1.82, 2.24) is 19.2 Å². The number of benzene rings is 2. The van der Waals surface area contributed by atoms with Crippen molar-refractivity contribution < 1.29 is 9.50 Å². The Morgan fingerprint density at radius 3 is 2.69 bits per heavy atom. The quantitative estimate of drug-likeness (QED) is 0.456. The highest BCUT2D eigenvalue weighted by Gasteiger charge is 2.33. The van der Waals surface area contributed by atoms with E-state index in [9.17, 15) is 15.2 Å². The van der Waals surface area contributed by atoms with Crippen LogP contribution in [0.15, 0.2) is 47.3 Å². The number of hydrogen-bond acceptors (Lipinski definition) is 5. The summed E-state index contributed by atoms with van der Waals surface area (Å²) in [7, 11) is 0. The highest BCUT2D eigenvalue weighted by atomic mass is 19.1. The molecule has 2 aromatic heterocycles. The van der Waals surface area contributed by atoms with Crippen LogP contribution in [0.3, 0.4) is 0 Å². The van der Waals surface area contributed by atoms with E-state index < -0.39 is 11.9 Å². The molecule has 4 aromatic rings. The van der Waals surface area contributed by atoms with Gasteiger partial charge in [-0.25, -0.2) is 8.91 Å². The molecule has 0 amide bonds. The average Bonchev–Trinajstić information content (AvgIpc) is 3.22. The molecule has 2 aromatic carbocycles. The monoisotopic (exact) mass is 471 g/mol. The smallest absolute Gasteiger partial charge is 0.259 e. The maximum absolute atomic E-state index is 15.4. The minimum absolute atomic E-state index is 0.115. The van der Waals surface area contributed by atoms with Gasteiger partial charge >= 0.3 is 0 Å². The van der Waals surface area contributed by atoms with Gasteiger partial charge in [0.2, 0.25) is 5.78 Å². The van der Waals surface area contributed by atoms with Gasteiger partial charge in [0.25, 0.3) is 5.56 Å². The first-order valence-electron chi connectivity index (χ1n) is 11.9. The van der Waals surface area contributed by atoms with Crippen molar-refractivity contribution in [1.29, 1.82) is 5.26 Å². The molecule has 35 heavy (non-hydrogen) atoms. The number of rotatable bonds is 6. The van der Waals surface area contributed by atoms with Gasteiger partial charge in [0.15, 0.2) is 0 Å². The van der Waals surface area contributed by atoms with E-state index in [0.29, 0.717) is 58.7 Å². The van der Waals surface area contributed by atoms with Crippen LogP contribution < -0.4 is 5.56 Å². The normalized spacial score (nSPS) is 17.3. The summed E-state index contributed by atoms with van der Waals surface area (Å²) in [4.78, 5) is 18.3. The first-order valence-corrected chi connectivity index (χ1v) is 11.9. The molecule has 1 fully saturated rings. The Bertz CT molecular complexity index is 1530. The zero-order valence-corrected chi connectivity index (χ0v) is 19.7. The number of aliphatic hydroxyl groups excluding tert-OH is 1. The summed E-state index contributed by atoms with van der Waals surface area (Å²) in [6.45, 7) is 3.81. The summed E-state index contributed by atoms with van der Waals surface area (Å²) in [5, 5.41) is 23.8. The van der Waals surface area contributed by atoms with E-state index in [1.54, 1.807) is 46.3 Å². The molecule has 0 saturated heterocycles. The van der Waals surface area contributed by atoms with Crippen LogP contribution in [0.1, 0.15) is 60.4 Å². The Balaban J connectivity index is 1.62. The lowest BCUT2D eigenvalue weighted by Gasteiger charge is -2.33. The fourth-order valence-electron chi connectivity index (χ4n) is 4.88. The van der Waals surface area contributed by atoms with Crippen LogP contribution in [0.2, 0.25) is 0 Å². The Kier molecular flexibility index (Phi) is 5.95. The number of fused-ring (bicyclic) bond motifs is 1. The van der Waals surface area contributed by atoms with Crippen molar-refractivity contribution in [3.8, 4) is 17.2 Å². The lowest BCUT2D eigenvalue weighted by Crippen LogP contribution is -2.40. The molecular weight excluding hydrogens is 445 g/mol. The van der Waals surface area contributed by atoms with Crippen molar-refractivity contribution in [3.63, 3.8) is 0 Å². The lowest BCUT2D eigenvalue weighted by molar-refractivity contribution is 0.0481. The van der Waals surface area contributed by atoms with E-state index in [-0.39, 0.29) is 18.0 Å². The molecule has 1 aliphatic carbocycles. The van der Waals surface area contributed by atoms with E-state index in [1.807, 2.05) is 13.0 Å². The second-order valence-electron chi connectivity index (χ2n) is 9.14. The number of hydrogen-bond donors (Lipinski definition) is 1. The van der Waals surface area contributed by atoms with Crippen molar-refractivity contribution in [3.05, 3.63) is 86.8 Å². The van der Waals surface area contributed by atoms with Crippen LogP contribution in [0, 0.1) is 24.1 Å². The minimum atomic E-state index is -0.434. The van der Waals surface area contributed by atoms with Gasteiger partial charge in [-0.1, -0.05) is 43.7 Å². The molecule has 0 aliphatic heterocycles. The third-order valence-corrected chi connectivity index (χ3v) is 6.71. The molecule has 7 nitrogen and oxygen atoms in total. The van der Waals surface area contributed by atoms with Gasteiger partial charge in [-0.05, 0) is 55.0 Å². The van der Waals surface area contributed by atoms with Crippen molar-refractivity contribution in [2.45, 2.75) is 58.1 Å². The van der Waals surface area contributed by atoms with Crippen molar-refractivity contribution >= 4 is 5.78 Å². The summed E-state index contributed by atoms with van der Waals surface area (Å²) in [6, 6.07) is 14.0. The molecule has 1 aliphatic rings. The summed E-state index contributed by atoms with van der Waals surface area (Å²) < 4.78 is 18.7. The van der Waals surface area contributed by atoms with Crippen molar-refractivity contribution in [2.24, 2.45) is 0 Å². The van der Waals surface area contributed by atoms with Crippen LogP contribution in [0.5, 0.6) is 0 Å². The number of aromatic nitrogens is 4. The van der Waals surface area contributed by atoms with Crippen LogP contribution in [-0.4, -0.2) is 30.4 Å². The predicted molar refractivity (Wildman–Crippen MR) is 130 cm³/mol. The summed E-state index contributed by atoms with van der Waals surface area (Å²) in [6.07, 6.45) is 2.04. The Morgan fingerprint density at radius 1 is 1.23 bits per heavy atom. The van der Waals surface area contributed by atoms with E-state index in [4.69, 9.17) is 0 Å². The van der Waals surface area contributed by atoms with E-state index in [2.05, 4.69) is 16.2 Å². The maximum Gasteiger partial charge on any atom is 0.259 e. The summed E-state index contributed by atoms with van der Waals surface area (Å²) >= 11 is 0. The topological polar surface area (TPSA) is 96.2 Å². The molecule has 178 valence electrons. The molecule has 0 atom stereocenters. The molecule has 0 unspecified atom stereocenters. The number of aryl methyl sites for hydroxylation is 2. The molecule has 0 spiro atoms. The second kappa shape index (κ2) is 9.08. The predicted octanol–water partition coefficient (Wildman–Crippen LogP) is 4.12.